The number of anilines is 2. The normalized spacial score (nSPS) is 22.4. The fourth-order valence-electron chi connectivity index (χ4n) is 10.5. The van der Waals surface area contributed by atoms with Crippen molar-refractivity contribution in [1.29, 1.82) is 0 Å². The number of aromatic amines is 1. The number of hydrogen-bond donors (Lipinski definition) is 2. The lowest BCUT2D eigenvalue weighted by Crippen LogP contribution is -2.43. The number of allylic oxidation sites excluding steroid dienone is 1. The van der Waals surface area contributed by atoms with E-state index in [4.69, 9.17) is 0 Å². The summed E-state index contributed by atoms with van der Waals surface area (Å²) in [5, 5.41) is 9.31. The Hall–Kier alpha value is -4.71. The van der Waals surface area contributed by atoms with Crippen molar-refractivity contribution in [2.45, 2.75) is 82.7 Å². The van der Waals surface area contributed by atoms with Crippen molar-refractivity contribution in [1.82, 2.24) is 20.4 Å². The van der Waals surface area contributed by atoms with Crippen molar-refractivity contribution in [3.05, 3.63) is 94.4 Å². The zero-order chi connectivity index (χ0) is 39.3. The second-order valence-corrected chi connectivity index (χ2v) is 17.2. The molecule has 57 heavy (non-hydrogen) atoms. The molecule has 9 rings (SSSR count). The van der Waals surface area contributed by atoms with Gasteiger partial charge in [0.15, 0.2) is 0 Å². The first-order chi connectivity index (χ1) is 27.5. The number of piperidine rings is 3. The van der Waals surface area contributed by atoms with E-state index < -0.39 is 18.5 Å². The number of benzene rings is 3. The molecular weight excluding hydrogens is 733 g/mol. The van der Waals surface area contributed by atoms with Crippen LogP contribution in [0.15, 0.2) is 66.2 Å². The van der Waals surface area contributed by atoms with E-state index in [1.165, 1.54) is 24.9 Å². The number of imide groups is 1. The van der Waals surface area contributed by atoms with Crippen molar-refractivity contribution in [2.75, 3.05) is 55.6 Å². The smallest absolute Gasteiger partial charge is 0.372 e. The van der Waals surface area contributed by atoms with E-state index in [9.17, 15) is 27.2 Å². The van der Waals surface area contributed by atoms with Crippen molar-refractivity contribution in [3.63, 3.8) is 0 Å². The topological polar surface area (TPSA) is 84.6 Å². The summed E-state index contributed by atoms with van der Waals surface area (Å²) in [6, 6.07) is 19.8. The predicted octanol–water partition coefficient (Wildman–Crippen LogP) is 8.52. The average Bonchev–Trinajstić information content (AvgIpc) is 3.72. The number of carbonyl (C=O) groups is 2. The van der Waals surface area contributed by atoms with E-state index in [1.807, 2.05) is 42.5 Å². The second kappa shape index (κ2) is 15.2. The molecule has 5 aliphatic rings. The molecular formula is C45H50F4N6O2. The minimum absolute atomic E-state index is 0.187. The first-order valence-corrected chi connectivity index (χ1v) is 20.7. The molecule has 1 aromatic heterocycles. The molecule has 5 heterocycles. The van der Waals surface area contributed by atoms with Gasteiger partial charge in [0.2, 0.25) is 17.8 Å². The van der Waals surface area contributed by atoms with E-state index in [1.54, 1.807) is 6.07 Å². The van der Waals surface area contributed by atoms with Gasteiger partial charge in [-0.25, -0.2) is 0 Å². The number of halogens is 4. The summed E-state index contributed by atoms with van der Waals surface area (Å²) in [4.78, 5) is 31.5. The zero-order valence-electron chi connectivity index (χ0n) is 32.3. The van der Waals surface area contributed by atoms with Gasteiger partial charge in [0.1, 0.15) is 0 Å². The molecule has 1 spiro atoms. The number of alkyl halides is 3. The van der Waals surface area contributed by atoms with Gasteiger partial charge in [-0.3, -0.25) is 20.0 Å². The van der Waals surface area contributed by atoms with Gasteiger partial charge in [0.05, 0.1) is 23.2 Å². The number of rotatable bonds is 7. The standard InChI is InChI=1S/C45H50F4N6O2/c46-42-41-36-3-1-2-32(26-45(47,48)49)40(37(36)12-14-38(41)51-52-42)31-6-10-33(11-7-31)54-21-16-29(17-22-54)27-53-23-18-44(28-53)19-24-55(25-20-44)34-8-4-30(5-9-34)35-13-15-39(56)50-43(35)57/h4-12,14,29,35H,1-3,13,15-28H2,(H,51,52)(H,50,56,57)/t35-/m1/s1. The van der Waals surface area contributed by atoms with Crippen molar-refractivity contribution >= 4 is 39.7 Å². The van der Waals surface area contributed by atoms with Crippen LogP contribution in [-0.4, -0.2) is 78.9 Å². The number of aromatic nitrogens is 2. The highest BCUT2D eigenvalue weighted by molar-refractivity contribution is 6.01. The third-order valence-electron chi connectivity index (χ3n) is 13.6. The monoisotopic (exact) mass is 782 g/mol. The number of nitrogens with zero attached hydrogens (tertiary/aromatic N) is 4. The number of likely N-dealkylation sites (tertiary alicyclic amines) is 1. The largest absolute Gasteiger partial charge is 0.392 e. The van der Waals surface area contributed by atoms with E-state index in [2.05, 4.69) is 42.3 Å². The Labute approximate surface area is 330 Å². The first-order valence-electron chi connectivity index (χ1n) is 20.7. The van der Waals surface area contributed by atoms with E-state index in [0.717, 1.165) is 81.0 Å². The third kappa shape index (κ3) is 7.81. The Kier molecular flexibility index (Phi) is 10.1. The lowest BCUT2D eigenvalue weighted by molar-refractivity contribution is -0.134. The molecule has 4 fully saturated rings. The van der Waals surface area contributed by atoms with Crippen LogP contribution in [0.1, 0.15) is 92.4 Å². The molecule has 8 nitrogen and oxygen atoms in total. The molecule has 2 amide bonds. The Morgan fingerprint density at radius 3 is 2.18 bits per heavy atom. The molecule has 1 aliphatic carbocycles. The SMILES string of the molecule is O=C1CC[C@H](c2ccc(N3CCC4(CCN(CC5CCN(c6ccc(C7=C(CC(F)(F)F)CCCc8c7ccc7n[nH]c(F)c87)cc6)CC5)C4)CC3)cc2)C(=O)N1. The molecule has 0 radical (unpaired) electrons. The third-order valence-corrected chi connectivity index (χ3v) is 13.6. The number of nitrogens with one attached hydrogen (secondary N) is 2. The Bertz CT molecular complexity index is 2160. The lowest BCUT2D eigenvalue weighted by Gasteiger charge is -2.41. The van der Waals surface area contributed by atoms with Gasteiger partial charge < -0.3 is 14.7 Å². The van der Waals surface area contributed by atoms with E-state index >= 15 is 0 Å². The van der Waals surface area contributed by atoms with Crippen molar-refractivity contribution in [3.8, 4) is 0 Å². The van der Waals surface area contributed by atoms with Crippen molar-refractivity contribution < 1.29 is 27.2 Å². The predicted molar refractivity (Wildman–Crippen MR) is 214 cm³/mol. The number of hydrogen-bond acceptors (Lipinski definition) is 6. The fraction of sp³-hybridized carbons (Fsp3) is 0.489. The molecule has 4 saturated heterocycles. The Morgan fingerprint density at radius 1 is 0.789 bits per heavy atom. The van der Waals surface area contributed by atoms with Gasteiger partial charge in [0.25, 0.3) is 0 Å². The lowest BCUT2D eigenvalue weighted by atomic mass is 9.77. The molecule has 0 bridgehead atoms. The van der Waals surface area contributed by atoms with Gasteiger partial charge in [-0.15, -0.1) is 0 Å². The molecule has 2 N–H and O–H groups in total. The molecule has 300 valence electrons. The quantitative estimate of drug-likeness (QED) is 0.145. The number of H-pyrrole nitrogens is 1. The summed E-state index contributed by atoms with van der Waals surface area (Å²) >= 11 is 0. The number of amides is 2. The summed E-state index contributed by atoms with van der Waals surface area (Å²) in [5.41, 5.74) is 7.16. The summed E-state index contributed by atoms with van der Waals surface area (Å²) < 4.78 is 56.5. The maximum absolute atomic E-state index is 14.8. The number of aryl methyl sites for hydroxylation is 1. The maximum atomic E-state index is 14.8. The average molecular weight is 783 g/mol. The van der Waals surface area contributed by atoms with Gasteiger partial charge >= 0.3 is 6.18 Å². The summed E-state index contributed by atoms with van der Waals surface area (Å²) in [6.07, 6.45) is 2.75. The minimum atomic E-state index is -4.34. The van der Waals surface area contributed by atoms with Gasteiger partial charge in [-0.1, -0.05) is 35.9 Å². The second-order valence-electron chi connectivity index (χ2n) is 17.2. The molecule has 1 atom stereocenters. The van der Waals surface area contributed by atoms with Gasteiger partial charge in [0, 0.05) is 57.1 Å². The summed E-state index contributed by atoms with van der Waals surface area (Å²) in [6.45, 7) is 7.39. The summed E-state index contributed by atoms with van der Waals surface area (Å²) in [5.74, 6) is -0.544. The molecule has 12 heteroatoms. The zero-order valence-corrected chi connectivity index (χ0v) is 32.3. The molecule has 0 unspecified atom stereocenters. The molecule has 0 saturated carbocycles. The highest BCUT2D eigenvalue weighted by Crippen LogP contribution is 2.44. The van der Waals surface area contributed by atoms with E-state index in [0.29, 0.717) is 71.0 Å². The maximum Gasteiger partial charge on any atom is 0.392 e. The molecule has 4 aromatic rings. The van der Waals surface area contributed by atoms with Crippen LogP contribution in [-0.2, 0) is 16.0 Å². The van der Waals surface area contributed by atoms with Crippen LogP contribution in [0.3, 0.4) is 0 Å². The van der Waals surface area contributed by atoms with Crippen molar-refractivity contribution in [2.24, 2.45) is 11.3 Å². The van der Waals surface area contributed by atoms with Gasteiger partial charge in [-0.05, 0) is 134 Å². The highest BCUT2D eigenvalue weighted by atomic mass is 19.4. The Morgan fingerprint density at radius 2 is 1.47 bits per heavy atom. The highest BCUT2D eigenvalue weighted by Gasteiger charge is 2.41. The van der Waals surface area contributed by atoms with Crippen LogP contribution < -0.4 is 15.1 Å². The summed E-state index contributed by atoms with van der Waals surface area (Å²) in [7, 11) is 0. The molecule has 4 aliphatic heterocycles. The molecule has 3 aromatic carbocycles. The van der Waals surface area contributed by atoms with Crippen LogP contribution in [0.5, 0.6) is 0 Å². The van der Waals surface area contributed by atoms with Crippen LogP contribution in [0.25, 0.3) is 16.5 Å². The van der Waals surface area contributed by atoms with E-state index in [-0.39, 0.29) is 17.7 Å². The van der Waals surface area contributed by atoms with Crippen LogP contribution in [0, 0.1) is 17.3 Å². The Balaban J connectivity index is 0.794. The van der Waals surface area contributed by atoms with Crippen LogP contribution in [0.2, 0.25) is 0 Å². The van der Waals surface area contributed by atoms with Crippen LogP contribution in [0.4, 0.5) is 28.9 Å². The fourth-order valence-corrected chi connectivity index (χ4v) is 10.5. The first kappa shape index (κ1) is 37.8. The number of fused-ring (bicyclic) bond motifs is 3. The minimum Gasteiger partial charge on any atom is -0.372 e. The number of carbonyl (C=O) groups excluding carboxylic acids is 2. The van der Waals surface area contributed by atoms with Gasteiger partial charge in [-0.2, -0.15) is 22.7 Å². The van der Waals surface area contributed by atoms with Crippen LogP contribution >= 0.6 is 0 Å².